The predicted molar refractivity (Wildman–Crippen MR) is 125 cm³/mol. The Kier molecular flexibility index (Phi) is 7.70. The zero-order valence-electron chi connectivity index (χ0n) is 19.1. The van der Waals surface area contributed by atoms with Crippen LogP contribution in [0.1, 0.15) is 43.0 Å². The van der Waals surface area contributed by atoms with Crippen LogP contribution in [-0.4, -0.2) is 52.2 Å². The smallest absolute Gasteiger partial charge is 0.410 e. The molecule has 1 aliphatic rings. The number of aliphatic hydroxyl groups is 1. The summed E-state index contributed by atoms with van der Waals surface area (Å²) in [5.74, 6) is -0.147. The molecule has 0 saturated heterocycles. The molecule has 3 rings (SSSR count). The van der Waals surface area contributed by atoms with E-state index in [1.54, 1.807) is 15.9 Å². The van der Waals surface area contributed by atoms with Crippen LogP contribution in [0, 0.1) is 0 Å². The summed E-state index contributed by atoms with van der Waals surface area (Å²) in [5, 5.41) is 9.39. The zero-order chi connectivity index (χ0) is 23.1. The van der Waals surface area contributed by atoms with Crippen molar-refractivity contribution in [2.45, 2.75) is 45.9 Å². The lowest BCUT2D eigenvalue weighted by Crippen LogP contribution is -2.40. The number of hydrogen-bond acceptors (Lipinski definition) is 4. The molecule has 0 spiro atoms. The molecule has 0 radical (unpaired) electrons. The van der Waals surface area contributed by atoms with Crippen LogP contribution in [0.25, 0.3) is 6.08 Å². The van der Waals surface area contributed by atoms with E-state index < -0.39 is 5.60 Å². The Morgan fingerprint density at radius 1 is 1.12 bits per heavy atom. The number of amides is 2. The van der Waals surface area contributed by atoms with Gasteiger partial charge in [-0.25, -0.2) is 4.79 Å². The van der Waals surface area contributed by atoms with Crippen molar-refractivity contribution in [3.8, 4) is 0 Å². The summed E-state index contributed by atoms with van der Waals surface area (Å²) < 4.78 is 5.50. The molecule has 6 heteroatoms. The maximum atomic E-state index is 12.8. The van der Waals surface area contributed by atoms with Crippen LogP contribution in [0.5, 0.6) is 0 Å². The molecule has 170 valence electrons. The van der Waals surface area contributed by atoms with E-state index in [9.17, 15) is 14.7 Å². The maximum Gasteiger partial charge on any atom is 0.410 e. The van der Waals surface area contributed by atoms with Crippen LogP contribution in [0.2, 0.25) is 0 Å². The second kappa shape index (κ2) is 10.5. The average Bonchev–Trinajstić information content (AvgIpc) is 2.76. The van der Waals surface area contributed by atoms with Crippen molar-refractivity contribution < 1.29 is 19.4 Å². The molecule has 2 aromatic carbocycles. The predicted octanol–water partition coefficient (Wildman–Crippen LogP) is 4.01. The minimum atomic E-state index is -0.525. The van der Waals surface area contributed by atoms with Gasteiger partial charge in [-0.15, -0.1) is 0 Å². The van der Waals surface area contributed by atoms with Gasteiger partial charge in [-0.3, -0.25) is 4.79 Å². The fourth-order valence-corrected chi connectivity index (χ4v) is 3.74. The highest BCUT2D eigenvalue weighted by atomic mass is 16.6. The number of aliphatic hydroxyl groups excluding tert-OH is 1. The van der Waals surface area contributed by atoms with Crippen molar-refractivity contribution in [1.29, 1.82) is 0 Å². The molecule has 0 aromatic heterocycles. The van der Waals surface area contributed by atoms with Crippen LogP contribution in [0.4, 0.5) is 4.79 Å². The number of carbonyl (C=O) groups excluding carboxylic acids is 2. The molecular weight excluding hydrogens is 404 g/mol. The first-order valence-electron chi connectivity index (χ1n) is 11.0. The molecule has 2 aromatic rings. The Morgan fingerprint density at radius 3 is 2.56 bits per heavy atom. The lowest BCUT2D eigenvalue weighted by Gasteiger charge is -2.31. The lowest BCUT2D eigenvalue weighted by atomic mass is 9.94. The Bertz CT molecular complexity index is 964. The minimum absolute atomic E-state index is 0.0896. The number of fused-ring (bicyclic) bond motifs is 1. The van der Waals surface area contributed by atoms with E-state index in [1.807, 2.05) is 75.4 Å². The highest BCUT2D eigenvalue weighted by molar-refractivity contribution is 5.92. The minimum Gasteiger partial charge on any atom is -0.444 e. The fraction of sp³-hybridized carbons (Fsp3) is 0.385. The molecule has 1 N–H and O–H groups in total. The summed E-state index contributed by atoms with van der Waals surface area (Å²) >= 11 is 0. The van der Waals surface area contributed by atoms with Gasteiger partial charge >= 0.3 is 6.09 Å². The Labute approximate surface area is 190 Å². The molecule has 0 unspecified atom stereocenters. The van der Waals surface area contributed by atoms with Crippen LogP contribution in [0.3, 0.4) is 0 Å². The van der Waals surface area contributed by atoms with Crippen molar-refractivity contribution in [1.82, 2.24) is 9.80 Å². The van der Waals surface area contributed by atoms with E-state index in [-0.39, 0.29) is 25.2 Å². The van der Waals surface area contributed by atoms with Crippen molar-refractivity contribution in [3.05, 3.63) is 76.9 Å². The standard InChI is InChI=1S/C26H32N2O4/c1-26(2,3)32-25(31)28-15-14-23-21(10-7-11-22(23)19-28)12-13-24(30)27(16-17-29)18-20-8-5-4-6-9-20/h4-13,29H,14-19H2,1-3H3. The summed E-state index contributed by atoms with van der Waals surface area (Å²) in [5.41, 5.74) is 3.68. The third-order valence-electron chi connectivity index (χ3n) is 5.26. The Balaban J connectivity index is 1.71. The molecule has 6 nitrogen and oxygen atoms in total. The monoisotopic (exact) mass is 436 g/mol. The first-order valence-corrected chi connectivity index (χ1v) is 11.0. The SMILES string of the molecule is CC(C)(C)OC(=O)N1CCc2c(C=CC(=O)N(CCO)Cc3ccccc3)cccc2C1. The number of ether oxygens (including phenoxy) is 1. The summed E-state index contributed by atoms with van der Waals surface area (Å²) in [6.07, 6.45) is 3.79. The number of benzene rings is 2. The van der Waals surface area contributed by atoms with Gasteiger partial charge in [0.15, 0.2) is 0 Å². The first-order chi connectivity index (χ1) is 15.3. The Morgan fingerprint density at radius 2 is 1.88 bits per heavy atom. The van der Waals surface area contributed by atoms with Crippen LogP contribution in [0.15, 0.2) is 54.6 Å². The van der Waals surface area contributed by atoms with E-state index in [4.69, 9.17) is 4.74 Å². The first kappa shape index (κ1) is 23.5. The molecule has 0 saturated carbocycles. The molecule has 0 atom stereocenters. The maximum absolute atomic E-state index is 12.8. The molecule has 0 bridgehead atoms. The van der Waals surface area contributed by atoms with Crippen LogP contribution in [-0.2, 0) is 29.0 Å². The zero-order valence-corrected chi connectivity index (χ0v) is 19.1. The quantitative estimate of drug-likeness (QED) is 0.695. The lowest BCUT2D eigenvalue weighted by molar-refractivity contribution is -0.127. The van der Waals surface area contributed by atoms with Gasteiger partial charge in [0.2, 0.25) is 5.91 Å². The van der Waals surface area contributed by atoms with Crippen molar-refractivity contribution in [2.75, 3.05) is 19.7 Å². The average molecular weight is 437 g/mol. The van der Waals surface area contributed by atoms with E-state index in [2.05, 4.69) is 0 Å². The van der Waals surface area contributed by atoms with Crippen molar-refractivity contribution in [3.63, 3.8) is 0 Å². The normalized spacial score (nSPS) is 13.7. The van der Waals surface area contributed by atoms with E-state index in [0.29, 0.717) is 26.1 Å². The molecule has 0 fully saturated rings. The van der Waals surface area contributed by atoms with E-state index >= 15 is 0 Å². The van der Waals surface area contributed by atoms with Gasteiger partial charge in [-0.1, -0.05) is 48.5 Å². The topological polar surface area (TPSA) is 70.1 Å². The van der Waals surface area contributed by atoms with Gasteiger partial charge < -0.3 is 19.6 Å². The van der Waals surface area contributed by atoms with Crippen molar-refractivity contribution >= 4 is 18.1 Å². The third kappa shape index (κ3) is 6.44. The van der Waals surface area contributed by atoms with E-state index in [0.717, 1.165) is 22.3 Å². The third-order valence-corrected chi connectivity index (χ3v) is 5.26. The number of hydrogen-bond donors (Lipinski definition) is 1. The molecule has 32 heavy (non-hydrogen) atoms. The van der Waals surface area contributed by atoms with Crippen LogP contribution >= 0.6 is 0 Å². The molecular formula is C26H32N2O4. The molecule has 0 aliphatic carbocycles. The number of rotatable bonds is 6. The van der Waals surface area contributed by atoms with Gasteiger partial charge in [-0.05, 0) is 55.5 Å². The summed E-state index contributed by atoms with van der Waals surface area (Å²) in [6, 6.07) is 15.7. The largest absolute Gasteiger partial charge is 0.444 e. The summed E-state index contributed by atoms with van der Waals surface area (Å²) in [7, 11) is 0. The summed E-state index contributed by atoms with van der Waals surface area (Å²) in [4.78, 5) is 28.6. The van der Waals surface area contributed by atoms with Gasteiger partial charge in [-0.2, -0.15) is 0 Å². The van der Waals surface area contributed by atoms with Crippen molar-refractivity contribution in [2.24, 2.45) is 0 Å². The molecule has 1 aliphatic heterocycles. The second-order valence-electron chi connectivity index (χ2n) is 8.94. The molecule has 2 amide bonds. The van der Waals surface area contributed by atoms with Gasteiger partial charge in [0.25, 0.3) is 0 Å². The van der Waals surface area contributed by atoms with Crippen LogP contribution < -0.4 is 0 Å². The summed E-state index contributed by atoms with van der Waals surface area (Å²) in [6.45, 7) is 7.28. The second-order valence-corrected chi connectivity index (χ2v) is 8.94. The molecule has 1 heterocycles. The van der Waals surface area contributed by atoms with Gasteiger partial charge in [0.05, 0.1) is 6.61 Å². The highest BCUT2D eigenvalue weighted by Gasteiger charge is 2.26. The van der Waals surface area contributed by atoms with Gasteiger partial charge in [0.1, 0.15) is 5.60 Å². The van der Waals surface area contributed by atoms with E-state index in [1.165, 1.54) is 0 Å². The number of nitrogens with zero attached hydrogens (tertiary/aromatic N) is 2. The van der Waals surface area contributed by atoms with Gasteiger partial charge in [0, 0.05) is 32.3 Å². The Hall–Kier alpha value is -3.12. The fourth-order valence-electron chi connectivity index (χ4n) is 3.74. The highest BCUT2D eigenvalue weighted by Crippen LogP contribution is 2.25. The number of carbonyl (C=O) groups is 2.